The number of nitrogens with zero attached hydrogens (tertiary/aromatic N) is 4. The molecule has 0 saturated heterocycles. The van der Waals surface area contributed by atoms with Crippen LogP contribution >= 0.6 is 0 Å². The Kier molecular flexibility index (Phi) is 4.79. The van der Waals surface area contributed by atoms with Crippen molar-refractivity contribution >= 4 is 5.91 Å². The van der Waals surface area contributed by atoms with E-state index in [0.29, 0.717) is 6.54 Å². The molecule has 0 aliphatic heterocycles. The van der Waals surface area contributed by atoms with Crippen LogP contribution in [-0.2, 0) is 6.54 Å². The van der Waals surface area contributed by atoms with Crippen molar-refractivity contribution in [1.82, 2.24) is 25.1 Å². The van der Waals surface area contributed by atoms with E-state index < -0.39 is 11.8 Å². The van der Waals surface area contributed by atoms with Crippen LogP contribution in [-0.4, -0.2) is 30.8 Å². The molecule has 7 nitrogen and oxygen atoms in total. The van der Waals surface area contributed by atoms with Crippen LogP contribution in [0, 0.1) is 0 Å². The van der Waals surface area contributed by atoms with Gasteiger partial charge in [0.05, 0.1) is 0 Å². The van der Waals surface area contributed by atoms with Crippen molar-refractivity contribution in [3.8, 4) is 23.0 Å². The number of aromatic hydroxyl groups is 1. The smallest absolute Gasteiger partial charge is 0.258 e. The van der Waals surface area contributed by atoms with Gasteiger partial charge in [0.15, 0.2) is 0 Å². The number of carbonyl (C=O) groups is 1. The largest absolute Gasteiger partial charge is 0.493 e. The number of aromatic nitrogens is 4. The normalized spacial score (nSPS) is 10.6. The van der Waals surface area contributed by atoms with E-state index in [-0.39, 0.29) is 11.5 Å². The van der Waals surface area contributed by atoms with Gasteiger partial charge in [-0.05, 0) is 28.8 Å². The predicted molar refractivity (Wildman–Crippen MR) is 104 cm³/mol. The molecule has 2 heterocycles. The number of hydrogen-bond acceptors (Lipinski definition) is 5. The van der Waals surface area contributed by atoms with Crippen molar-refractivity contribution < 1.29 is 9.90 Å². The van der Waals surface area contributed by atoms with E-state index in [9.17, 15) is 9.90 Å². The van der Waals surface area contributed by atoms with Gasteiger partial charge >= 0.3 is 0 Å². The average molecular weight is 371 g/mol. The average Bonchev–Trinajstić information content (AvgIpc) is 3.28. The van der Waals surface area contributed by atoms with Crippen LogP contribution < -0.4 is 5.32 Å². The maximum Gasteiger partial charge on any atom is 0.258 e. The first-order valence-electron chi connectivity index (χ1n) is 8.69. The highest BCUT2D eigenvalue weighted by molar-refractivity contribution is 5.95. The Morgan fingerprint density at radius 2 is 1.86 bits per heavy atom. The number of amides is 1. The summed E-state index contributed by atoms with van der Waals surface area (Å²) in [6, 6.07) is 19.7. The number of hydrogen-bond donors (Lipinski definition) is 2. The van der Waals surface area contributed by atoms with Gasteiger partial charge in [0.1, 0.15) is 5.56 Å². The first kappa shape index (κ1) is 17.4. The second-order valence-electron chi connectivity index (χ2n) is 6.11. The van der Waals surface area contributed by atoms with E-state index in [1.807, 2.05) is 54.6 Å². The lowest BCUT2D eigenvalue weighted by Gasteiger charge is -2.09. The summed E-state index contributed by atoms with van der Waals surface area (Å²) in [5.41, 5.74) is 3.14. The third kappa shape index (κ3) is 3.73. The highest BCUT2D eigenvalue weighted by atomic mass is 16.3. The zero-order valence-corrected chi connectivity index (χ0v) is 14.9. The fraction of sp³-hybridized carbons (Fsp3) is 0.0476. The fourth-order valence-corrected chi connectivity index (χ4v) is 2.79. The Morgan fingerprint density at radius 3 is 2.61 bits per heavy atom. The van der Waals surface area contributed by atoms with Crippen LogP contribution in [0.4, 0.5) is 0 Å². The lowest BCUT2D eigenvalue weighted by molar-refractivity contribution is 0.0947. The van der Waals surface area contributed by atoms with Gasteiger partial charge in [-0.25, -0.2) is 9.67 Å². The van der Waals surface area contributed by atoms with Gasteiger partial charge in [0, 0.05) is 25.1 Å². The zero-order chi connectivity index (χ0) is 19.3. The summed E-state index contributed by atoms with van der Waals surface area (Å²) >= 11 is 0. The van der Waals surface area contributed by atoms with Gasteiger partial charge < -0.3 is 10.4 Å². The first-order valence-corrected chi connectivity index (χ1v) is 8.69. The van der Waals surface area contributed by atoms with Gasteiger partial charge in [0.25, 0.3) is 11.9 Å². The number of carbonyl (C=O) groups excluding carboxylic acids is 1. The molecular formula is C21H17N5O2. The molecule has 0 atom stereocenters. The highest BCUT2D eigenvalue weighted by Gasteiger charge is 2.15. The van der Waals surface area contributed by atoms with Crippen LogP contribution in [0.3, 0.4) is 0 Å². The second-order valence-corrected chi connectivity index (χ2v) is 6.11. The Morgan fingerprint density at radius 1 is 1.04 bits per heavy atom. The van der Waals surface area contributed by atoms with Crippen LogP contribution in [0.25, 0.3) is 17.1 Å². The molecular weight excluding hydrogens is 354 g/mol. The van der Waals surface area contributed by atoms with E-state index in [2.05, 4.69) is 20.4 Å². The quantitative estimate of drug-likeness (QED) is 0.563. The van der Waals surface area contributed by atoms with Crippen molar-refractivity contribution in [1.29, 1.82) is 0 Å². The van der Waals surface area contributed by atoms with Gasteiger partial charge in [-0.15, -0.1) is 0 Å². The van der Waals surface area contributed by atoms with E-state index in [1.54, 1.807) is 18.5 Å². The van der Waals surface area contributed by atoms with Crippen molar-refractivity contribution in [2.45, 2.75) is 6.54 Å². The Hall–Kier alpha value is -4.00. The molecule has 4 rings (SSSR count). The summed E-state index contributed by atoms with van der Waals surface area (Å²) in [4.78, 5) is 20.4. The van der Waals surface area contributed by atoms with Gasteiger partial charge in [0.2, 0.25) is 5.88 Å². The molecule has 0 radical (unpaired) electrons. The third-order valence-corrected chi connectivity index (χ3v) is 4.20. The number of nitrogens with one attached hydrogen (secondary N) is 1. The maximum absolute atomic E-state index is 12.4. The van der Waals surface area contributed by atoms with Crippen LogP contribution in [0.1, 0.15) is 15.9 Å². The molecule has 0 unspecified atom stereocenters. The third-order valence-electron chi connectivity index (χ3n) is 4.20. The van der Waals surface area contributed by atoms with Gasteiger partial charge in [-0.1, -0.05) is 48.5 Å². The van der Waals surface area contributed by atoms with E-state index in [4.69, 9.17) is 0 Å². The van der Waals surface area contributed by atoms with Crippen molar-refractivity contribution in [3.63, 3.8) is 0 Å². The van der Waals surface area contributed by atoms with Crippen molar-refractivity contribution in [2.24, 2.45) is 0 Å². The second kappa shape index (κ2) is 7.71. The van der Waals surface area contributed by atoms with Crippen LogP contribution in [0.15, 0.2) is 79.3 Å². The maximum atomic E-state index is 12.4. The molecule has 2 aromatic heterocycles. The lowest BCUT2D eigenvalue weighted by Crippen LogP contribution is -2.23. The Balaban J connectivity index is 1.46. The minimum atomic E-state index is -0.449. The Labute approximate surface area is 161 Å². The molecule has 138 valence electrons. The highest BCUT2D eigenvalue weighted by Crippen LogP contribution is 2.20. The molecule has 0 fully saturated rings. The summed E-state index contributed by atoms with van der Waals surface area (Å²) in [6.07, 6.45) is 4.51. The molecule has 2 aromatic carbocycles. The molecule has 0 bridgehead atoms. The minimum absolute atomic E-state index is 0.00937. The Bertz CT molecular complexity index is 1100. The van der Waals surface area contributed by atoms with Crippen molar-refractivity contribution in [3.05, 3.63) is 90.4 Å². The molecule has 28 heavy (non-hydrogen) atoms. The summed E-state index contributed by atoms with van der Waals surface area (Å²) in [6.45, 7) is 0.319. The molecule has 0 aliphatic rings. The summed E-state index contributed by atoms with van der Waals surface area (Å²) in [5, 5.41) is 16.9. The monoisotopic (exact) mass is 371 g/mol. The molecule has 2 N–H and O–H groups in total. The van der Waals surface area contributed by atoms with E-state index in [0.717, 1.165) is 16.7 Å². The molecule has 0 spiro atoms. The van der Waals surface area contributed by atoms with Crippen molar-refractivity contribution in [2.75, 3.05) is 0 Å². The van der Waals surface area contributed by atoms with Crippen LogP contribution in [0.5, 0.6) is 5.88 Å². The molecule has 4 aromatic rings. The van der Waals surface area contributed by atoms with Crippen LogP contribution in [0.2, 0.25) is 0 Å². The topological polar surface area (TPSA) is 92.9 Å². The SMILES string of the molecule is O=C(NCc1cccc(-c2ccccc2)c1)c1cnc(-n2cccn2)nc1O. The predicted octanol–water partition coefficient (Wildman–Crippen LogP) is 2.96. The fourth-order valence-electron chi connectivity index (χ4n) is 2.79. The summed E-state index contributed by atoms with van der Waals surface area (Å²) in [5.74, 6) is -0.653. The van der Waals surface area contributed by atoms with E-state index in [1.165, 1.54) is 10.9 Å². The molecule has 0 saturated carbocycles. The summed E-state index contributed by atoms with van der Waals surface area (Å²) < 4.78 is 1.40. The first-order chi connectivity index (χ1) is 13.7. The van der Waals surface area contributed by atoms with Gasteiger partial charge in [-0.2, -0.15) is 10.1 Å². The summed E-state index contributed by atoms with van der Waals surface area (Å²) in [7, 11) is 0. The number of benzene rings is 2. The molecule has 1 amide bonds. The zero-order valence-electron chi connectivity index (χ0n) is 14.9. The number of rotatable bonds is 5. The standard InChI is InChI=1S/C21H17N5O2/c27-19(18-14-23-21(25-20(18)28)26-11-5-10-24-26)22-13-15-6-4-9-17(12-15)16-7-2-1-3-8-16/h1-12,14H,13H2,(H,22,27)(H,23,25,28). The van der Waals surface area contributed by atoms with Gasteiger partial charge in [-0.3, -0.25) is 4.79 Å². The van der Waals surface area contributed by atoms with E-state index >= 15 is 0 Å². The molecule has 0 aliphatic carbocycles. The lowest BCUT2D eigenvalue weighted by atomic mass is 10.0. The molecule has 7 heteroatoms. The minimum Gasteiger partial charge on any atom is -0.493 e.